The monoisotopic (exact) mass is 569 g/mol. The van der Waals surface area contributed by atoms with Crippen molar-refractivity contribution < 1.29 is 14.1 Å². The van der Waals surface area contributed by atoms with Crippen molar-refractivity contribution in [1.82, 2.24) is 25.2 Å². The number of nitrogens with zero attached hydrogens (tertiary/aromatic N) is 6. The molecule has 2 bridgehead atoms. The van der Waals surface area contributed by atoms with Crippen LogP contribution in [0.15, 0.2) is 42.7 Å². The van der Waals surface area contributed by atoms with Crippen molar-refractivity contribution in [2.45, 2.75) is 56.1 Å². The molecule has 0 aliphatic carbocycles. The zero-order chi connectivity index (χ0) is 28.4. The number of halogens is 1. The minimum absolute atomic E-state index is 0.000580. The number of benzene rings is 2. The van der Waals surface area contributed by atoms with Crippen LogP contribution >= 0.6 is 0 Å². The standard InChI is InChI=1S/C31H32FN7O3/c32-27-22(24-15-33-14-19-4-1-5-25(26(19)24)39(40)41)8-9-23-28(27)35-30(42-18-31-10-2-12-38(31)13-3-11-31)36-29(23)37-16-20-6-7-21(17-37)34-20/h1,4-5,8-9,14-15,20-21,34H,2-3,6-7,10-13,16-18H2. The van der Waals surface area contributed by atoms with Crippen molar-refractivity contribution in [1.29, 1.82) is 0 Å². The first-order valence-electron chi connectivity index (χ1n) is 14.9. The van der Waals surface area contributed by atoms with E-state index in [1.54, 1.807) is 24.4 Å². The first kappa shape index (κ1) is 25.7. The molecule has 8 rings (SSSR count). The van der Waals surface area contributed by atoms with Crippen molar-refractivity contribution in [3.8, 4) is 17.1 Å². The molecule has 2 aromatic heterocycles. The third-order valence-electron chi connectivity index (χ3n) is 9.81. The van der Waals surface area contributed by atoms with Gasteiger partial charge in [-0.2, -0.15) is 9.97 Å². The Labute approximate surface area is 242 Å². The first-order chi connectivity index (χ1) is 20.5. The van der Waals surface area contributed by atoms with Crippen LogP contribution in [0.1, 0.15) is 38.5 Å². The van der Waals surface area contributed by atoms with Crippen molar-refractivity contribution in [3.05, 3.63) is 58.7 Å². The summed E-state index contributed by atoms with van der Waals surface area (Å²) < 4.78 is 23.0. The number of rotatable bonds is 6. The average molecular weight is 570 g/mol. The Morgan fingerprint density at radius 3 is 2.60 bits per heavy atom. The molecule has 2 aromatic carbocycles. The van der Waals surface area contributed by atoms with Gasteiger partial charge in [0, 0.05) is 65.5 Å². The highest BCUT2D eigenvalue weighted by Crippen LogP contribution is 2.41. The minimum Gasteiger partial charge on any atom is -0.461 e. The summed E-state index contributed by atoms with van der Waals surface area (Å²) in [6.45, 7) is 4.20. The van der Waals surface area contributed by atoms with E-state index in [0.29, 0.717) is 46.2 Å². The fourth-order valence-electron chi connectivity index (χ4n) is 7.84. The van der Waals surface area contributed by atoms with Gasteiger partial charge in [0.25, 0.3) is 5.69 Å². The number of nitrogens with one attached hydrogen (secondary N) is 1. The van der Waals surface area contributed by atoms with E-state index in [1.165, 1.54) is 12.3 Å². The van der Waals surface area contributed by atoms with Crippen molar-refractivity contribution in [3.63, 3.8) is 0 Å². The van der Waals surface area contributed by atoms with Crippen LogP contribution in [0.25, 0.3) is 32.8 Å². The van der Waals surface area contributed by atoms with Crippen molar-refractivity contribution >= 4 is 33.2 Å². The number of hydrogen-bond acceptors (Lipinski definition) is 9. The predicted molar refractivity (Wildman–Crippen MR) is 157 cm³/mol. The molecule has 0 saturated carbocycles. The maximum atomic E-state index is 16.7. The maximum absolute atomic E-state index is 16.7. The zero-order valence-corrected chi connectivity index (χ0v) is 23.3. The lowest BCUT2D eigenvalue weighted by atomic mass is 9.95. The van der Waals surface area contributed by atoms with Gasteiger partial charge in [0.05, 0.1) is 15.8 Å². The molecule has 11 heteroatoms. The third kappa shape index (κ3) is 4.09. The minimum atomic E-state index is -0.562. The van der Waals surface area contributed by atoms with Gasteiger partial charge >= 0.3 is 6.01 Å². The van der Waals surface area contributed by atoms with E-state index in [9.17, 15) is 10.1 Å². The van der Waals surface area contributed by atoms with Crippen LogP contribution in [-0.4, -0.2) is 75.2 Å². The van der Waals surface area contributed by atoms with Gasteiger partial charge in [0.2, 0.25) is 0 Å². The molecule has 6 heterocycles. The summed E-state index contributed by atoms with van der Waals surface area (Å²) in [6.07, 6.45) is 9.74. The number of non-ortho nitro benzene ring substituents is 1. The molecule has 2 unspecified atom stereocenters. The van der Waals surface area contributed by atoms with Crippen LogP contribution in [0, 0.1) is 15.9 Å². The van der Waals surface area contributed by atoms with Crippen LogP contribution in [-0.2, 0) is 0 Å². The van der Waals surface area contributed by atoms with E-state index in [2.05, 4.69) is 25.1 Å². The van der Waals surface area contributed by atoms with Crippen LogP contribution in [0.5, 0.6) is 6.01 Å². The summed E-state index contributed by atoms with van der Waals surface area (Å²) >= 11 is 0. The van der Waals surface area contributed by atoms with E-state index in [4.69, 9.17) is 9.72 Å². The van der Waals surface area contributed by atoms with Crippen LogP contribution < -0.4 is 15.0 Å². The van der Waals surface area contributed by atoms with Gasteiger partial charge in [-0.3, -0.25) is 20.0 Å². The summed E-state index contributed by atoms with van der Waals surface area (Å²) in [5, 5.41) is 17.1. The molecule has 0 spiro atoms. The van der Waals surface area contributed by atoms with Gasteiger partial charge in [0.1, 0.15) is 17.9 Å². The summed E-state index contributed by atoms with van der Waals surface area (Å²) in [5.41, 5.74) is 0.627. The molecule has 4 aliphatic heterocycles. The predicted octanol–water partition coefficient (Wildman–Crippen LogP) is 4.84. The number of pyridine rings is 1. The second kappa shape index (κ2) is 9.81. The zero-order valence-electron chi connectivity index (χ0n) is 23.3. The summed E-state index contributed by atoms with van der Waals surface area (Å²) in [5.74, 6) is 0.112. The van der Waals surface area contributed by atoms with Gasteiger partial charge in [-0.05, 0) is 57.7 Å². The molecule has 4 aromatic rings. The van der Waals surface area contributed by atoms with Crippen LogP contribution in [0.4, 0.5) is 15.9 Å². The van der Waals surface area contributed by atoms with Gasteiger partial charge in [0.15, 0.2) is 5.82 Å². The first-order valence-corrected chi connectivity index (χ1v) is 14.9. The molecule has 216 valence electrons. The fraction of sp³-hybridized carbons (Fsp3) is 0.452. The van der Waals surface area contributed by atoms with E-state index in [-0.39, 0.29) is 28.3 Å². The van der Waals surface area contributed by atoms with E-state index < -0.39 is 10.7 Å². The molecule has 1 N–H and O–H groups in total. The van der Waals surface area contributed by atoms with E-state index >= 15 is 4.39 Å². The lowest BCUT2D eigenvalue weighted by molar-refractivity contribution is -0.383. The van der Waals surface area contributed by atoms with E-state index in [0.717, 1.165) is 64.7 Å². The summed E-state index contributed by atoms with van der Waals surface area (Å²) in [7, 11) is 0. The third-order valence-corrected chi connectivity index (χ3v) is 9.81. The Kier molecular flexibility index (Phi) is 6.01. The largest absolute Gasteiger partial charge is 0.461 e. The highest BCUT2D eigenvalue weighted by Gasteiger charge is 2.45. The molecule has 4 saturated heterocycles. The van der Waals surface area contributed by atoms with Gasteiger partial charge in [-0.1, -0.05) is 18.2 Å². The summed E-state index contributed by atoms with van der Waals surface area (Å²) in [6, 6.07) is 9.21. The molecule has 0 amide bonds. The number of fused-ring (bicyclic) bond motifs is 5. The molecular weight excluding hydrogens is 537 g/mol. The summed E-state index contributed by atoms with van der Waals surface area (Å²) in [4.78, 5) is 30.1. The second-order valence-electron chi connectivity index (χ2n) is 12.2. The number of piperazine rings is 1. The highest BCUT2D eigenvalue weighted by molar-refractivity contribution is 6.04. The Morgan fingerprint density at radius 1 is 1.05 bits per heavy atom. The lowest BCUT2D eigenvalue weighted by Crippen LogP contribution is -2.51. The second-order valence-corrected chi connectivity index (χ2v) is 12.2. The fourth-order valence-corrected chi connectivity index (χ4v) is 7.84. The molecule has 10 nitrogen and oxygen atoms in total. The average Bonchev–Trinajstić information content (AvgIpc) is 3.69. The molecule has 4 fully saturated rings. The van der Waals surface area contributed by atoms with Crippen molar-refractivity contribution in [2.75, 3.05) is 37.7 Å². The van der Waals surface area contributed by atoms with Crippen molar-refractivity contribution in [2.24, 2.45) is 0 Å². The Bertz CT molecular complexity index is 1710. The smallest absolute Gasteiger partial charge is 0.319 e. The quantitative estimate of drug-likeness (QED) is 0.258. The molecule has 2 atom stereocenters. The highest BCUT2D eigenvalue weighted by atomic mass is 19.1. The Morgan fingerprint density at radius 2 is 1.83 bits per heavy atom. The van der Waals surface area contributed by atoms with Gasteiger partial charge in [-0.25, -0.2) is 4.39 Å². The van der Waals surface area contributed by atoms with Crippen LogP contribution in [0.3, 0.4) is 0 Å². The van der Waals surface area contributed by atoms with Crippen LogP contribution in [0.2, 0.25) is 0 Å². The van der Waals surface area contributed by atoms with E-state index in [1.807, 2.05) is 6.07 Å². The topological polar surface area (TPSA) is 110 Å². The number of hydrogen-bond donors (Lipinski definition) is 1. The van der Waals surface area contributed by atoms with Gasteiger partial charge in [-0.15, -0.1) is 0 Å². The van der Waals surface area contributed by atoms with Gasteiger partial charge < -0.3 is 15.0 Å². The number of ether oxygens (including phenoxy) is 1. The lowest BCUT2D eigenvalue weighted by Gasteiger charge is -2.34. The molecule has 0 radical (unpaired) electrons. The molecule has 4 aliphatic rings. The SMILES string of the molecule is O=[N+]([O-])c1cccc2cncc(-c3ccc4c(N5CC6CCC(C5)N6)nc(OCC56CCCN5CCC6)nc4c3F)c12. The number of aromatic nitrogens is 3. The maximum Gasteiger partial charge on any atom is 0.319 e. The number of anilines is 1. The molecular formula is C31H32FN7O3. The molecule has 42 heavy (non-hydrogen) atoms. The Hall–Kier alpha value is -3.96. The Balaban J connectivity index is 1.27. The number of nitro benzene ring substituents is 1. The normalized spacial score (nSPS) is 23.1. The number of nitro groups is 1.